The second kappa shape index (κ2) is 5.19. The number of hydrogen-bond donors (Lipinski definition) is 0. The molecule has 0 fully saturated rings. The van der Waals surface area contributed by atoms with Crippen molar-refractivity contribution in [3.05, 3.63) is 29.8 Å². The van der Waals surface area contributed by atoms with Crippen LogP contribution >= 0.6 is 0 Å². The highest BCUT2D eigenvalue weighted by atomic mass is 15.5. The Kier molecular flexibility index (Phi) is 3.91. The van der Waals surface area contributed by atoms with Gasteiger partial charge in [-0.05, 0) is 36.4 Å². The highest BCUT2D eigenvalue weighted by Crippen LogP contribution is 2.05. The first kappa shape index (κ1) is 11.3. The van der Waals surface area contributed by atoms with Crippen molar-refractivity contribution < 1.29 is 0 Å². The lowest BCUT2D eigenvalue weighted by Crippen LogP contribution is -2.00. The number of aryl methyl sites for hydroxylation is 2. The van der Waals surface area contributed by atoms with Gasteiger partial charge in [-0.15, -0.1) is 5.10 Å². The second-order valence-electron chi connectivity index (χ2n) is 2.80. The molecule has 0 radical (unpaired) electrons. The van der Waals surface area contributed by atoms with E-state index >= 15 is 0 Å². The molecule has 2 rings (SSSR count). The average Bonchev–Trinajstić information content (AvgIpc) is 2.69. The van der Waals surface area contributed by atoms with E-state index < -0.39 is 0 Å². The van der Waals surface area contributed by atoms with Crippen LogP contribution in [0, 0.1) is 13.8 Å². The molecule has 0 saturated heterocycles. The third kappa shape index (κ3) is 2.59. The Hall–Kier alpha value is -1.78. The van der Waals surface area contributed by atoms with E-state index in [2.05, 4.69) is 20.5 Å². The molecular formula is C10H15N5. The van der Waals surface area contributed by atoms with E-state index in [9.17, 15) is 0 Å². The Morgan fingerprint density at radius 1 is 1.13 bits per heavy atom. The standard InChI is InChI=1S/C8H9N5.C2H6/c1-6-3-4-8(5-9-6)13-7(2)10-11-12-13;1-2/h3-5H,1-2H3;1-2H3. The summed E-state index contributed by atoms with van der Waals surface area (Å²) in [6, 6.07) is 3.86. The van der Waals surface area contributed by atoms with Crippen LogP contribution in [0.3, 0.4) is 0 Å². The summed E-state index contributed by atoms with van der Waals surface area (Å²) in [5.41, 5.74) is 1.86. The number of tetrazole rings is 1. The normalized spacial score (nSPS) is 9.33. The minimum atomic E-state index is 0.755. The van der Waals surface area contributed by atoms with Crippen LogP contribution in [0.15, 0.2) is 18.3 Å². The molecule has 0 atom stereocenters. The monoisotopic (exact) mass is 205 g/mol. The van der Waals surface area contributed by atoms with Crippen LogP contribution in [0.25, 0.3) is 5.69 Å². The summed E-state index contributed by atoms with van der Waals surface area (Å²) < 4.78 is 1.65. The molecule has 0 N–H and O–H groups in total. The quantitative estimate of drug-likeness (QED) is 0.711. The number of rotatable bonds is 1. The molecule has 0 amide bonds. The molecule has 0 aliphatic carbocycles. The third-order valence-corrected chi connectivity index (χ3v) is 1.77. The molecule has 2 heterocycles. The van der Waals surface area contributed by atoms with Gasteiger partial charge in [0.25, 0.3) is 0 Å². The molecular weight excluding hydrogens is 190 g/mol. The molecule has 0 spiro atoms. The minimum absolute atomic E-state index is 0.755. The molecule has 2 aromatic rings. The SMILES string of the molecule is CC.Cc1ccc(-n2nnnc2C)cn1. The van der Waals surface area contributed by atoms with Crippen LogP contribution in [-0.2, 0) is 0 Å². The first-order chi connectivity index (χ1) is 7.27. The van der Waals surface area contributed by atoms with Gasteiger partial charge in [0.15, 0.2) is 5.82 Å². The average molecular weight is 205 g/mol. The molecule has 0 aliphatic rings. The summed E-state index contributed by atoms with van der Waals surface area (Å²) >= 11 is 0. The summed E-state index contributed by atoms with van der Waals surface area (Å²) in [5, 5.41) is 11.2. The Balaban J connectivity index is 0.000000531. The lowest BCUT2D eigenvalue weighted by Gasteiger charge is -2.00. The zero-order chi connectivity index (χ0) is 11.3. The van der Waals surface area contributed by atoms with E-state index in [1.165, 1.54) is 0 Å². The van der Waals surface area contributed by atoms with Gasteiger partial charge >= 0.3 is 0 Å². The number of pyridine rings is 1. The van der Waals surface area contributed by atoms with Crippen LogP contribution < -0.4 is 0 Å². The molecule has 0 saturated carbocycles. The van der Waals surface area contributed by atoms with Crippen LogP contribution in [0.4, 0.5) is 0 Å². The van der Waals surface area contributed by atoms with Crippen LogP contribution in [0.1, 0.15) is 25.4 Å². The maximum absolute atomic E-state index is 4.16. The highest BCUT2D eigenvalue weighted by Gasteiger charge is 2.02. The van der Waals surface area contributed by atoms with E-state index in [1.807, 2.05) is 39.8 Å². The summed E-state index contributed by atoms with van der Waals surface area (Å²) in [6.07, 6.45) is 1.75. The topological polar surface area (TPSA) is 56.5 Å². The highest BCUT2D eigenvalue weighted by molar-refractivity contribution is 5.28. The van der Waals surface area contributed by atoms with Gasteiger partial charge in [0.2, 0.25) is 0 Å². The smallest absolute Gasteiger partial charge is 0.153 e. The summed E-state index contributed by atoms with van der Waals surface area (Å²) in [7, 11) is 0. The molecule has 80 valence electrons. The number of nitrogens with zero attached hydrogens (tertiary/aromatic N) is 5. The van der Waals surface area contributed by atoms with Crippen LogP contribution in [0.2, 0.25) is 0 Å². The van der Waals surface area contributed by atoms with Gasteiger partial charge in [0, 0.05) is 5.69 Å². The van der Waals surface area contributed by atoms with Crippen molar-refractivity contribution in [2.45, 2.75) is 27.7 Å². The molecule has 15 heavy (non-hydrogen) atoms. The summed E-state index contributed by atoms with van der Waals surface area (Å²) in [5.74, 6) is 0.755. The van der Waals surface area contributed by atoms with Gasteiger partial charge < -0.3 is 0 Å². The van der Waals surface area contributed by atoms with Gasteiger partial charge in [-0.3, -0.25) is 4.98 Å². The van der Waals surface area contributed by atoms with Crippen molar-refractivity contribution in [2.24, 2.45) is 0 Å². The van der Waals surface area contributed by atoms with Gasteiger partial charge in [-0.25, -0.2) is 0 Å². The minimum Gasteiger partial charge on any atom is -0.259 e. The van der Waals surface area contributed by atoms with Gasteiger partial charge in [-0.2, -0.15) is 4.68 Å². The molecule has 0 bridgehead atoms. The summed E-state index contributed by atoms with van der Waals surface area (Å²) in [4.78, 5) is 4.16. The van der Waals surface area contributed by atoms with E-state index in [0.717, 1.165) is 17.2 Å². The fourth-order valence-electron chi connectivity index (χ4n) is 1.06. The summed E-state index contributed by atoms with van der Waals surface area (Å²) in [6.45, 7) is 7.79. The molecule has 5 nitrogen and oxygen atoms in total. The Morgan fingerprint density at radius 3 is 2.33 bits per heavy atom. The van der Waals surface area contributed by atoms with Crippen LogP contribution in [-0.4, -0.2) is 25.2 Å². The number of aromatic nitrogens is 5. The van der Waals surface area contributed by atoms with Crippen molar-refractivity contribution >= 4 is 0 Å². The predicted molar refractivity (Wildman–Crippen MR) is 57.8 cm³/mol. The van der Waals surface area contributed by atoms with E-state index in [1.54, 1.807) is 10.9 Å². The maximum atomic E-state index is 4.16. The van der Waals surface area contributed by atoms with Crippen molar-refractivity contribution in [2.75, 3.05) is 0 Å². The molecule has 2 aromatic heterocycles. The Morgan fingerprint density at radius 2 is 1.87 bits per heavy atom. The van der Waals surface area contributed by atoms with E-state index in [-0.39, 0.29) is 0 Å². The lowest BCUT2D eigenvalue weighted by atomic mass is 10.3. The largest absolute Gasteiger partial charge is 0.259 e. The van der Waals surface area contributed by atoms with Gasteiger partial charge in [0.05, 0.1) is 11.9 Å². The Labute approximate surface area is 89.2 Å². The van der Waals surface area contributed by atoms with Gasteiger partial charge in [0.1, 0.15) is 0 Å². The molecule has 5 heteroatoms. The Bertz CT molecular complexity index is 404. The molecule has 0 unspecified atom stereocenters. The van der Waals surface area contributed by atoms with E-state index in [4.69, 9.17) is 0 Å². The predicted octanol–water partition coefficient (Wildman–Crippen LogP) is 1.70. The van der Waals surface area contributed by atoms with Gasteiger partial charge in [-0.1, -0.05) is 13.8 Å². The first-order valence-corrected chi connectivity index (χ1v) is 4.95. The van der Waals surface area contributed by atoms with Crippen molar-refractivity contribution in [1.29, 1.82) is 0 Å². The molecule has 0 aromatic carbocycles. The fourth-order valence-corrected chi connectivity index (χ4v) is 1.06. The lowest BCUT2D eigenvalue weighted by molar-refractivity contribution is 0.775. The fraction of sp³-hybridized carbons (Fsp3) is 0.400. The number of hydrogen-bond acceptors (Lipinski definition) is 4. The molecule has 0 aliphatic heterocycles. The zero-order valence-electron chi connectivity index (χ0n) is 9.47. The van der Waals surface area contributed by atoms with Crippen molar-refractivity contribution in [3.63, 3.8) is 0 Å². The maximum Gasteiger partial charge on any atom is 0.153 e. The van der Waals surface area contributed by atoms with Crippen molar-refractivity contribution in [3.8, 4) is 5.69 Å². The van der Waals surface area contributed by atoms with Crippen molar-refractivity contribution in [1.82, 2.24) is 25.2 Å². The first-order valence-electron chi connectivity index (χ1n) is 4.95. The second-order valence-corrected chi connectivity index (χ2v) is 2.80. The third-order valence-electron chi connectivity index (χ3n) is 1.77. The zero-order valence-corrected chi connectivity index (χ0v) is 9.47. The van der Waals surface area contributed by atoms with E-state index in [0.29, 0.717) is 0 Å². The van der Waals surface area contributed by atoms with Crippen LogP contribution in [0.5, 0.6) is 0 Å².